The van der Waals surface area contributed by atoms with Crippen molar-refractivity contribution in [1.82, 2.24) is 35.0 Å². The summed E-state index contributed by atoms with van der Waals surface area (Å²) in [7, 11) is 1.51. The number of piperidine rings is 2. The molecule has 1 saturated carbocycles. The van der Waals surface area contributed by atoms with Crippen molar-refractivity contribution >= 4 is 75.2 Å². The third-order valence-corrected chi connectivity index (χ3v) is 14.3. The number of halogens is 1. The molecule has 5 aliphatic rings. The van der Waals surface area contributed by atoms with Gasteiger partial charge in [-0.15, -0.1) is 0 Å². The maximum atomic E-state index is 13.7. The molecule has 19 heteroatoms. The number of nitrogens with one attached hydrogen (secondary N) is 3. The Morgan fingerprint density at radius 2 is 1.76 bits per heavy atom. The van der Waals surface area contributed by atoms with E-state index in [1.165, 1.54) is 7.05 Å². The quantitative estimate of drug-likeness (QED) is 0.157. The minimum atomic E-state index is -0.990. The van der Waals surface area contributed by atoms with Crippen molar-refractivity contribution in [3.63, 3.8) is 0 Å². The Labute approximate surface area is 393 Å². The molecule has 5 amide bonds. The second kappa shape index (κ2) is 18.9. The number of nitrogens with zero attached hydrogens (tertiary/aromatic N) is 7. The molecule has 67 heavy (non-hydrogen) atoms. The number of benzene rings is 2. The molecule has 9 rings (SSSR count). The minimum absolute atomic E-state index is 0.0835. The molecule has 0 spiro atoms. The number of pyridine rings is 1. The highest BCUT2D eigenvalue weighted by molar-refractivity contribution is 6.33. The summed E-state index contributed by atoms with van der Waals surface area (Å²) in [6, 6.07) is 10.4. The third kappa shape index (κ3) is 9.05. The van der Waals surface area contributed by atoms with Crippen molar-refractivity contribution in [2.45, 2.75) is 96.5 Å². The largest absolute Gasteiger partial charge is 0.478 e. The van der Waals surface area contributed by atoms with E-state index in [1.807, 2.05) is 45.0 Å². The van der Waals surface area contributed by atoms with Crippen molar-refractivity contribution in [3.8, 4) is 5.75 Å². The van der Waals surface area contributed by atoms with Crippen LogP contribution in [0.15, 0.2) is 47.4 Å². The Bertz CT molecular complexity index is 2700. The number of anilines is 4. The number of rotatable bonds is 13. The Kier molecular flexibility index (Phi) is 13.0. The van der Waals surface area contributed by atoms with Crippen LogP contribution in [-0.2, 0) is 19.1 Å². The molecule has 2 aromatic heterocycles. The summed E-state index contributed by atoms with van der Waals surface area (Å²) in [6.07, 6.45) is 5.86. The first-order chi connectivity index (χ1) is 32.2. The van der Waals surface area contributed by atoms with Crippen LogP contribution >= 0.6 is 11.6 Å². The Balaban J connectivity index is 0.743. The van der Waals surface area contributed by atoms with E-state index < -0.39 is 29.7 Å². The summed E-state index contributed by atoms with van der Waals surface area (Å²) in [4.78, 5) is 93.9. The van der Waals surface area contributed by atoms with Crippen LogP contribution in [0.5, 0.6) is 5.75 Å². The van der Waals surface area contributed by atoms with Crippen LogP contribution in [0.3, 0.4) is 0 Å². The van der Waals surface area contributed by atoms with Gasteiger partial charge in [-0.2, -0.15) is 4.98 Å². The lowest BCUT2D eigenvalue weighted by Crippen LogP contribution is -2.58. The highest BCUT2D eigenvalue weighted by Gasteiger charge is 2.46. The van der Waals surface area contributed by atoms with E-state index in [0.29, 0.717) is 45.6 Å². The van der Waals surface area contributed by atoms with Crippen molar-refractivity contribution in [2.75, 3.05) is 68.1 Å². The van der Waals surface area contributed by atoms with Crippen LogP contribution in [0.2, 0.25) is 5.02 Å². The molecule has 18 nitrogen and oxygen atoms in total. The van der Waals surface area contributed by atoms with Crippen molar-refractivity contribution in [1.29, 1.82) is 0 Å². The van der Waals surface area contributed by atoms with Gasteiger partial charge in [0, 0.05) is 87.7 Å². The average molecular weight is 937 g/mol. The molecular weight excluding hydrogens is 880 g/mol. The fourth-order valence-corrected chi connectivity index (χ4v) is 10.4. The van der Waals surface area contributed by atoms with Crippen molar-refractivity contribution in [2.24, 2.45) is 5.92 Å². The number of hydrogen-bond acceptors (Lipinski definition) is 14. The molecule has 1 aliphatic carbocycles. The Hall–Kier alpha value is -6.11. The first-order valence-corrected chi connectivity index (χ1v) is 23.6. The van der Waals surface area contributed by atoms with E-state index in [-0.39, 0.29) is 54.9 Å². The zero-order valence-corrected chi connectivity index (χ0v) is 39.2. The van der Waals surface area contributed by atoms with Gasteiger partial charge in [-0.25, -0.2) is 4.98 Å². The number of hydrogen-bond donors (Lipinski definition) is 3. The summed E-state index contributed by atoms with van der Waals surface area (Å²) < 4.78 is 13.8. The molecule has 2 atom stereocenters. The molecular formula is C48H57ClN10O8. The zero-order chi connectivity index (χ0) is 47.3. The van der Waals surface area contributed by atoms with Gasteiger partial charge in [0.2, 0.25) is 17.8 Å². The summed E-state index contributed by atoms with van der Waals surface area (Å²) in [6.45, 7) is 12.4. The molecule has 4 aromatic rings. The van der Waals surface area contributed by atoms with Crippen LogP contribution < -0.4 is 36.0 Å². The molecule has 1 unspecified atom stereocenters. The third-order valence-electron chi connectivity index (χ3n) is 14.0. The van der Waals surface area contributed by atoms with E-state index in [9.17, 15) is 28.8 Å². The first kappa shape index (κ1) is 46.0. The van der Waals surface area contributed by atoms with Gasteiger partial charge in [0.05, 0.1) is 28.9 Å². The predicted molar refractivity (Wildman–Crippen MR) is 252 cm³/mol. The van der Waals surface area contributed by atoms with E-state index in [1.54, 1.807) is 22.9 Å². The van der Waals surface area contributed by atoms with Crippen molar-refractivity contribution in [3.05, 3.63) is 74.7 Å². The normalized spacial score (nSPS) is 22.6. The number of likely N-dealkylation sites (N-methyl/N-ethyl adjacent to an activating group) is 1. The standard InChI is InChI=1S/C48H57ClN10O8/c1-26(2)58-37-8-6-31(20-30(37)21-39(46(58)64)67-25-41(61)50-5)52-43-35(49)22-51-48(54-43)55-14-12-33(13-15-55)66-24-29-18-32(19-29)56-16-17-57(27(3)23-56)36-9-7-34-42(28(36)4)47(65)59(45(34)63)38-10-11-40(60)53-44(38)62/h6-9,20-22,26-27,29,32-33,38H,10-19,23-25H2,1-5H3,(H,50,61)(H,51,52,54)(H,53,60,62)/t27-,29?,32?,38?/m1/s1. The number of fused-ring (bicyclic) bond motifs is 2. The molecule has 2 aromatic carbocycles. The summed E-state index contributed by atoms with van der Waals surface area (Å²) in [5.74, 6) is -0.674. The number of piperazine rings is 1. The van der Waals surface area contributed by atoms with Crippen LogP contribution in [0.1, 0.15) is 91.6 Å². The minimum Gasteiger partial charge on any atom is -0.478 e. The fourth-order valence-electron chi connectivity index (χ4n) is 10.3. The number of carbonyl (C=O) groups excluding carboxylic acids is 5. The second-order valence-electron chi connectivity index (χ2n) is 18.6. The Morgan fingerprint density at radius 3 is 2.48 bits per heavy atom. The second-order valence-corrected chi connectivity index (χ2v) is 19.0. The molecule has 3 N–H and O–H groups in total. The summed E-state index contributed by atoms with van der Waals surface area (Å²) in [5.41, 5.74) is 3.44. The maximum Gasteiger partial charge on any atom is 0.293 e. The van der Waals surface area contributed by atoms with E-state index in [0.717, 1.165) is 92.1 Å². The van der Waals surface area contributed by atoms with E-state index >= 15 is 0 Å². The lowest BCUT2D eigenvalue weighted by atomic mass is 9.79. The summed E-state index contributed by atoms with van der Waals surface area (Å²) >= 11 is 6.60. The van der Waals surface area contributed by atoms with Gasteiger partial charge in [0.1, 0.15) is 11.1 Å². The van der Waals surface area contributed by atoms with Crippen LogP contribution in [0.4, 0.5) is 23.1 Å². The topological polar surface area (TPSA) is 201 Å². The number of carbonyl (C=O) groups is 5. The summed E-state index contributed by atoms with van der Waals surface area (Å²) in [5, 5.41) is 9.21. The lowest BCUT2D eigenvalue weighted by molar-refractivity contribution is -0.136. The van der Waals surface area contributed by atoms with Crippen molar-refractivity contribution < 1.29 is 33.4 Å². The van der Waals surface area contributed by atoms with Gasteiger partial charge < -0.3 is 34.5 Å². The number of ether oxygens (including phenoxy) is 2. The molecule has 3 saturated heterocycles. The fraction of sp³-hybridized carbons (Fsp3) is 0.500. The molecule has 6 heterocycles. The number of aromatic nitrogens is 3. The van der Waals surface area contributed by atoms with Gasteiger partial charge in [-0.3, -0.25) is 43.9 Å². The van der Waals surface area contributed by atoms with Gasteiger partial charge in [-0.05, 0) is 108 Å². The monoisotopic (exact) mass is 936 g/mol. The SMILES string of the molecule is CNC(=O)COc1cc2cc(Nc3nc(N4CCC(OCC5CC(N6CCN(c7ccc8c(c7C)C(=O)N(C7CCC(=O)NC7=O)C8=O)[C@H](C)C6)C5)CC4)ncc3Cl)ccc2n(C(C)C)c1=O. The maximum absolute atomic E-state index is 13.7. The van der Waals surface area contributed by atoms with E-state index in [4.69, 9.17) is 26.1 Å². The average Bonchev–Trinajstić information content (AvgIpc) is 3.54. The van der Waals surface area contributed by atoms with Gasteiger partial charge in [0.15, 0.2) is 18.2 Å². The highest BCUT2D eigenvalue weighted by Crippen LogP contribution is 2.38. The molecule has 354 valence electrons. The van der Waals surface area contributed by atoms with Crippen LogP contribution in [0, 0.1) is 12.8 Å². The molecule has 0 bridgehead atoms. The first-order valence-electron chi connectivity index (χ1n) is 23.2. The van der Waals surface area contributed by atoms with Crippen LogP contribution in [0.25, 0.3) is 10.9 Å². The molecule has 4 aliphatic heterocycles. The Morgan fingerprint density at radius 1 is 0.985 bits per heavy atom. The van der Waals surface area contributed by atoms with E-state index in [2.05, 4.69) is 42.6 Å². The molecule has 4 fully saturated rings. The predicted octanol–water partition coefficient (Wildman–Crippen LogP) is 4.58. The van der Waals surface area contributed by atoms with Gasteiger partial charge in [0.25, 0.3) is 23.3 Å². The molecule has 0 radical (unpaired) electrons. The number of imide groups is 2. The zero-order valence-electron chi connectivity index (χ0n) is 38.5. The van der Waals surface area contributed by atoms with Gasteiger partial charge >= 0.3 is 0 Å². The van der Waals surface area contributed by atoms with Gasteiger partial charge in [-0.1, -0.05) is 11.6 Å². The number of amides is 5. The lowest BCUT2D eigenvalue weighted by Gasteiger charge is -2.49. The smallest absolute Gasteiger partial charge is 0.293 e. The highest BCUT2D eigenvalue weighted by atomic mass is 35.5. The van der Waals surface area contributed by atoms with Crippen LogP contribution in [-0.4, -0.2) is 131 Å².